The third-order valence-corrected chi connectivity index (χ3v) is 10.0. The molecule has 0 aliphatic carbocycles. The Morgan fingerprint density at radius 2 is 1.83 bits per heavy atom. The minimum absolute atomic E-state index is 0.179. The van der Waals surface area contributed by atoms with E-state index in [2.05, 4.69) is 10.6 Å². The standard InChI is InChI=1S/C27H31N3O5S/c1-26-13-14-27(36-26)21(20(26)23(32)28-2)25(34)30(19(15-31)16-7-5-4-6-8-16)22(27)24(33)29-17-9-11-18(35-3)12-10-17/h4-12,19-22,31H,13-15H2,1-3H3,(H,28,32)(H,29,33)/t19-,20+,21+,22?,26-,27?/m1/s1. The van der Waals surface area contributed by atoms with E-state index in [1.54, 1.807) is 55.1 Å². The predicted octanol–water partition coefficient (Wildman–Crippen LogP) is 2.59. The van der Waals surface area contributed by atoms with E-state index in [9.17, 15) is 19.5 Å². The summed E-state index contributed by atoms with van der Waals surface area (Å²) in [6.07, 6.45) is 1.37. The van der Waals surface area contributed by atoms with Crippen molar-refractivity contribution in [2.24, 2.45) is 11.8 Å². The number of fused-ring (bicyclic) bond motifs is 1. The third kappa shape index (κ3) is 3.59. The number of nitrogens with one attached hydrogen (secondary N) is 2. The normalized spacial score (nSPS) is 31.2. The Labute approximate surface area is 214 Å². The Bertz CT molecular complexity index is 1180. The summed E-state index contributed by atoms with van der Waals surface area (Å²) < 4.78 is 4.02. The number of rotatable bonds is 7. The summed E-state index contributed by atoms with van der Waals surface area (Å²) in [6, 6.07) is 14.7. The van der Waals surface area contributed by atoms with Crippen molar-refractivity contribution in [2.75, 3.05) is 26.1 Å². The number of methoxy groups -OCH3 is 1. The van der Waals surface area contributed by atoms with E-state index in [1.807, 2.05) is 37.3 Å². The summed E-state index contributed by atoms with van der Waals surface area (Å²) in [4.78, 5) is 42.8. The second-order valence-electron chi connectivity index (χ2n) is 9.91. The third-order valence-electron chi connectivity index (χ3n) is 8.04. The van der Waals surface area contributed by atoms with Crippen LogP contribution in [-0.4, -0.2) is 64.0 Å². The molecular weight excluding hydrogens is 478 g/mol. The van der Waals surface area contributed by atoms with Gasteiger partial charge in [0.05, 0.1) is 36.3 Å². The van der Waals surface area contributed by atoms with Crippen LogP contribution in [0.4, 0.5) is 5.69 Å². The van der Waals surface area contributed by atoms with Gasteiger partial charge in [0.2, 0.25) is 17.7 Å². The molecule has 3 aliphatic rings. The summed E-state index contributed by atoms with van der Waals surface area (Å²) in [6.45, 7) is 1.69. The average molecular weight is 510 g/mol. The number of thioether (sulfide) groups is 1. The zero-order valence-electron chi connectivity index (χ0n) is 20.6. The van der Waals surface area contributed by atoms with E-state index in [1.165, 1.54) is 0 Å². The number of aliphatic hydroxyl groups is 1. The number of ether oxygens (including phenoxy) is 1. The fourth-order valence-electron chi connectivity index (χ4n) is 6.47. The highest BCUT2D eigenvalue weighted by atomic mass is 32.2. The molecule has 3 N–H and O–H groups in total. The van der Waals surface area contributed by atoms with Crippen molar-refractivity contribution in [3.63, 3.8) is 0 Å². The van der Waals surface area contributed by atoms with Crippen LogP contribution < -0.4 is 15.4 Å². The molecule has 0 saturated carbocycles. The lowest BCUT2D eigenvalue weighted by atomic mass is 9.66. The van der Waals surface area contributed by atoms with Gasteiger partial charge in [-0.2, -0.15) is 0 Å². The lowest BCUT2D eigenvalue weighted by molar-refractivity contribution is -0.142. The lowest BCUT2D eigenvalue weighted by Crippen LogP contribution is -2.52. The Hall–Kier alpha value is -3.04. The number of likely N-dealkylation sites (tertiary alicyclic amines) is 1. The largest absolute Gasteiger partial charge is 0.497 e. The van der Waals surface area contributed by atoms with Crippen molar-refractivity contribution < 1.29 is 24.2 Å². The molecule has 5 rings (SSSR count). The summed E-state index contributed by atoms with van der Waals surface area (Å²) in [7, 11) is 3.16. The van der Waals surface area contributed by atoms with Gasteiger partial charge < -0.3 is 25.4 Å². The molecule has 2 unspecified atom stereocenters. The van der Waals surface area contributed by atoms with Crippen LogP contribution in [0.1, 0.15) is 31.4 Å². The first-order valence-corrected chi connectivity index (χ1v) is 13.0. The molecule has 3 amide bonds. The first-order valence-electron chi connectivity index (χ1n) is 12.1. The zero-order chi connectivity index (χ0) is 25.7. The maximum atomic E-state index is 14.2. The first-order chi connectivity index (χ1) is 17.3. The van der Waals surface area contributed by atoms with E-state index in [4.69, 9.17) is 4.74 Å². The first kappa shape index (κ1) is 24.6. The van der Waals surface area contributed by atoms with E-state index >= 15 is 0 Å². The molecule has 190 valence electrons. The number of nitrogens with zero attached hydrogens (tertiary/aromatic N) is 1. The Morgan fingerprint density at radius 1 is 1.14 bits per heavy atom. The van der Waals surface area contributed by atoms with Gasteiger partial charge in [-0.1, -0.05) is 30.3 Å². The van der Waals surface area contributed by atoms with Gasteiger partial charge in [0.15, 0.2) is 0 Å². The van der Waals surface area contributed by atoms with Crippen molar-refractivity contribution >= 4 is 35.2 Å². The second-order valence-corrected chi connectivity index (χ2v) is 11.8. The fraction of sp³-hybridized carbons (Fsp3) is 0.444. The van der Waals surface area contributed by atoms with Crippen LogP contribution in [0.15, 0.2) is 54.6 Å². The van der Waals surface area contributed by atoms with Gasteiger partial charge in [-0.3, -0.25) is 14.4 Å². The predicted molar refractivity (Wildman–Crippen MR) is 138 cm³/mol. The SMILES string of the molecule is CNC(=O)[C@@H]1[C@H]2C(=O)N([C@H](CO)c3ccccc3)C(C(=O)Nc3ccc(OC)cc3)C23CC[C@@]1(C)S3. The molecule has 3 fully saturated rings. The van der Waals surface area contributed by atoms with Gasteiger partial charge in [0, 0.05) is 17.5 Å². The Morgan fingerprint density at radius 3 is 2.44 bits per heavy atom. The summed E-state index contributed by atoms with van der Waals surface area (Å²) >= 11 is 1.60. The van der Waals surface area contributed by atoms with E-state index < -0.39 is 33.4 Å². The van der Waals surface area contributed by atoms with Crippen molar-refractivity contribution in [2.45, 2.75) is 41.3 Å². The molecule has 3 heterocycles. The molecule has 9 heteroatoms. The van der Waals surface area contributed by atoms with Crippen molar-refractivity contribution in [1.29, 1.82) is 0 Å². The number of hydrogen-bond donors (Lipinski definition) is 3. The second kappa shape index (κ2) is 9.12. The molecule has 1 spiro atoms. The van der Waals surface area contributed by atoms with Crippen LogP contribution >= 0.6 is 11.8 Å². The maximum Gasteiger partial charge on any atom is 0.248 e. The van der Waals surface area contributed by atoms with Gasteiger partial charge in [-0.05, 0) is 49.6 Å². The van der Waals surface area contributed by atoms with Gasteiger partial charge in [-0.25, -0.2) is 0 Å². The number of hydrogen-bond acceptors (Lipinski definition) is 6. The lowest BCUT2D eigenvalue weighted by Gasteiger charge is -2.37. The zero-order valence-corrected chi connectivity index (χ0v) is 21.4. The molecule has 3 aliphatic heterocycles. The van der Waals surface area contributed by atoms with Gasteiger partial charge in [0.1, 0.15) is 11.8 Å². The molecule has 8 nitrogen and oxygen atoms in total. The molecule has 36 heavy (non-hydrogen) atoms. The van der Waals surface area contributed by atoms with Crippen LogP contribution in [0.3, 0.4) is 0 Å². The van der Waals surface area contributed by atoms with E-state index in [-0.39, 0.29) is 24.3 Å². The molecule has 2 aromatic rings. The van der Waals surface area contributed by atoms with E-state index in [0.717, 1.165) is 12.0 Å². The van der Waals surface area contributed by atoms with Crippen LogP contribution in [0.25, 0.3) is 0 Å². The summed E-state index contributed by atoms with van der Waals surface area (Å²) in [5.74, 6) is -1.28. The molecule has 6 atom stereocenters. The van der Waals surface area contributed by atoms with Crippen LogP contribution in [0.2, 0.25) is 0 Å². The van der Waals surface area contributed by atoms with Crippen LogP contribution in [0.5, 0.6) is 5.75 Å². The van der Waals surface area contributed by atoms with Gasteiger partial charge in [-0.15, -0.1) is 11.8 Å². The Balaban J connectivity index is 1.59. The monoisotopic (exact) mass is 509 g/mol. The molecule has 2 aromatic carbocycles. The van der Waals surface area contributed by atoms with E-state index in [0.29, 0.717) is 17.9 Å². The number of amides is 3. The molecule has 0 radical (unpaired) electrons. The smallest absolute Gasteiger partial charge is 0.248 e. The summed E-state index contributed by atoms with van der Waals surface area (Å²) in [5, 5.41) is 16.2. The van der Waals surface area contributed by atoms with Gasteiger partial charge in [0.25, 0.3) is 0 Å². The van der Waals surface area contributed by atoms with Crippen LogP contribution in [-0.2, 0) is 14.4 Å². The number of aliphatic hydroxyl groups excluding tert-OH is 1. The highest BCUT2D eigenvalue weighted by Gasteiger charge is 2.77. The highest BCUT2D eigenvalue weighted by molar-refractivity contribution is 8.02. The molecule has 3 saturated heterocycles. The number of anilines is 1. The fourth-order valence-corrected chi connectivity index (χ4v) is 8.81. The molecular formula is C27H31N3O5S. The van der Waals surface area contributed by atoms with Crippen LogP contribution in [0, 0.1) is 11.8 Å². The van der Waals surface area contributed by atoms with Crippen molar-refractivity contribution in [3.8, 4) is 5.75 Å². The number of carbonyl (C=O) groups excluding carboxylic acids is 3. The maximum absolute atomic E-state index is 14.2. The molecule has 2 bridgehead atoms. The minimum Gasteiger partial charge on any atom is -0.497 e. The van der Waals surface area contributed by atoms with Gasteiger partial charge >= 0.3 is 0 Å². The highest BCUT2D eigenvalue weighted by Crippen LogP contribution is 2.72. The van der Waals surface area contributed by atoms with Crippen molar-refractivity contribution in [1.82, 2.24) is 10.2 Å². The average Bonchev–Trinajstić information content (AvgIpc) is 3.46. The molecule has 0 aromatic heterocycles. The minimum atomic E-state index is -0.851. The number of benzene rings is 2. The number of carbonyl (C=O) groups is 3. The van der Waals surface area contributed by atoms with Crippen molar-refractivity contribution in [3.05, 3.63) is 60.2 Å². The topological polar surface area (TPSA) is 108 Å². The quantitative estimate of drug-likeness (QED) is 0.530. The summed E-state index contributed by atoms with van der Waals surface area (Å²) in [5.41, 5.74) is 1.33. The Kier molecular flexibility index (Phi) is 6.24.